The Morgan fingerprint density at radius 2 is 2.03 bits per heavy atom. The topological polar surface area (TPSA) is 134 Å². The second-order valence-corrected chi connectivity index (χ2v) is 7.03. The van der Waals surface area contributed by atoms with Crippen LogP contribution in [0.2, 0.25) is 0 Å². The summed E-state index contributed by atoms with van der Waals surface area (Å²) in [7, 11) is 1.56. The smallest absolute Gasteiger partial charge is 0.308 e. The van der Waals surface area contributed by atoms with Crippen molar-refractivity contribution in [2.75, 3.05) is 19.5 Å². The van der Waals surface area contributed by atoms with Crippen molar-refractivity contribution in [1.82, 2.24) is 24.9 Å². The summed E-state index contributed by atoms with van der Waals surface area (Å²) < 4.78 is 11.9. The number of ether oxygens (including phenoxy) is 2. The number of fused-ring (bicyclic) bond motifs is 1. The van der Waals surface area contributed by atoms with Crippen LogP contribution in [0.1, 0.15) is 41.9 Å². The first-order valence-corrected chi connectivity index (χ1v) is 9.89. The number of aryl methyl sites for hydroxylation is 2. The predicted molar refractivity (Wildman–Crippen MR) is 114 cm³/mol. The van der Waals surface area contributed by atoms with E-state index in [1.54, 1.807) is 39.2 Å². The lowest BCUT2D eigenvalue weighted by Gasteiger charge is -2.20. The number of nitrogens with zero attached hydrogens (tertiary/aromatic N) is 4. The quantitative estimate of drug-likeness (QED) is 0.520. The number of nitrogen functional groups attached to an aromatic ring is 1. The monoisotopic (exact) mass is 426 g/mol. The molecule has 3 rings (SSSR count). The minimum Gasteiger partial charge on any atom is -0.497 e. The van der Waals surface area contributed by atoms with Crippen molar-refractivity contribution in [2.45, 2.75) is 39.7 Å². The highest BCUT2D eigenvalue weighted by Crippen LogP contribution is 2.23. The Bertz CT molecular complexity index is 1110. The fourth-order valence-electron chi connectivity index (χ4n) is 3.38. The van der Waals surface area contributed by atoms with E-state index >= 15 is 0 Å². The highest BCUT2D eigenvalue weighted by molar-refractivity contribution is 5.80. The summed E-state index contributed by atoms with van der Waals surface area (Å²) in [6.07, 6.45) is 0.0608. The van der Waals surface area contributed by atoms with E-state index in [0.29, 0.717) is 17.2 Å². The Morgan fingerprint density at radius 1 is 1.26 bits per heavy atom. The summed E-state index contributed by atoms with van der Waals surface area (Å²) in [6.45, 7) is 5.64. The van der Waals surface area contributed by atoms with Gasteiger partial charge in [0.15, 0.2) is 0 Å². The van der Waals surface area contributed by atoms with Gasteiger partial charge >= 0.3 is 5.97 Å². The van der Waals surface area contributed by atoms with Gasteiger partial charge in [0.2, 0.25) is 11.9 Å². The van der Waals surface area contributed by atoms with Crippen LogP contribution in [-0.2, 0) is 20.7 Å². The van der Waals surface area contributed by atoms with E-state index in [1.807, 2.05) is 13.0 Å². The molecule has 3 aromatic rings. The molecule has 0 saturated heterocycles. The number of esters is 1. The Hall–Kier alpha value is -3.69. The van der Waals surface area contributed by atoms with Gasteiger partial charge < -0.3 is 20.5 Å². The van der Waals surface area contributed by atoms with Crippen LogP contribution in [0.5, 0.6) is 5.75 Å². The van der Waals surface area contributed by atoms with Crippen molar-refractivity contribution < 1.29 is 19.1 Å². The summed E-state index contributed by atoms with van der Waals surface area (Å²) in [5, 5.41) is 7.06. The highest BCUT2D eigenvalue weighted by Gasteiger charge is 2.22. The van der Waals surface area contributed by atoms with Gasteiger partial charge in [-0.1, -0.05) is 12.1 Å². The molecule has 10 nitrogen and oxygen atoms in total. The normalized spacial score (nSPS) is 11.9. The maximum atomic E-state index is 12.9. The number of amides is 1. The zero-order valence-electron chi connectivity index (χ0n) is 18.0. The highest BCUT2D eigenvalue weighted by atomic mass is 16.5. The molecule has 1 unspecified atom stereocenters. The molecule has 0 aliphatic rings. The van der Waals surface area contributed by atoms with Gasteiger partial charge in [-0.3, -0.25) is 9.59 Å². The lowest BCUT2D eigenvalue weighted by atomic mass is 10.0. The number of anilines is 1. The van der Waals surface area contributed by atoms with Crippen LogP contribution in [0.25, 0.3) is 5.78 Å². The van der Waals surface area contributed by atoms with Crippen molar-refractivity contribution in [2.24, 2.45) is 0 Å². The van der Waals surface area contributed by atoms with Crippen molar-refractivity contribution in [3.8, 4) is 5.75 Å². The van der Waals surface area contributed by atoms with Gasteiger partial charge in [0.05, 0.1) is 32.6 Å². The molecule has 1 aromatic carbocycles. The summed E-state index contributed by atoms with van der Waals surface area (Å²) in [6, 6.07) is 6.65. The van der Waals surface area contributed by atoms with Gasteiger partial charge in [-0.25, -0.2) is 4.98 Å². The predicted octanol–water partition coefficient (Wildman–Crippen LogP) is 1.69. The molecule has 1 amide bonds. The SMILES string of the molecule is CCOC(=O)CC(NC(=O)Cc1c(C)nc2nc(N)nn2c1C)c1cccc(OC)c1. The third kappa shape index (κ3) is 5.08. The van der Waals surface area contributed by atoms with Gasteiger partial charge in [-0.15, -0.1) is 5.10 Å². The van der Waals surface area contributed by atoms with Crippen molar-refractivity contribution in [3.63, 3.8) is 0 Å². The third-order valence-electron chi connectivity index (χ3n) is 4.91. The average Bonchev–Trinajstić information content (AvgIpc) is 3.11. The van der Waals surface area contributed by atoms with Gasteiger partial charge in [-0.05, 0) is 38.5 Å². The fourth-order valence-corrected chi connectivity index (χ4v) is 3.38. The Morgan fingerprint density at radius 3 is 2.74 bits per heavy atom. The van der Waals surface area contributed by atoms with E-state index < -0.39 is 12.0 Å². The van der Waals surface area contributed by atoms with Crippen LogP contribution >= 0.6 is 0 Å². The minimum atomic E-state index is -0.569. The Labute approximate surface area is 179 Å². The lowest BCUT2D eigenvalue weighted by Crippen LogP contribution is -2.32. The number of rotatable bonds is 8. The summed E-state index contributed by atoms with van der Waals surface area (Å²) in [5.74, 6) is 0.463. The largest absolute Gasteiger partial charge is 0.497 e. The first-order valence-electron chi connectivity index (χ1n) is 9.89. The zero-order valence-corrected chi connectivity index (χ0v) is 18.0. The molecule has 164 valence electrons. The number of hydrogen-bond donors (Lipinski definition) is 2. The third-order valence-corrected chi connectivity index (χ3v) is 4.91. The van der Waals surface area contributed by atoms with Gasteiger partial charge in [-0.2, -0.15) is 9.50 Å². The molecule has 0 spiro atoms. The van der Waals surface area contributed by atoms with Crippen molar-refractivity contribution in [3.05, 3.63) is 46.8 Å². The van der Waals surface area contributed by atoms with Crippen LogP contribution in [0, 0.1) is 13.8 Å². The molecule has 0 bridgehead atoms. The van der Waals surface area contributed by atoms with Crippen molar-refractivity contribution >= 4 is 23.6 Å². The van der Waals surface area contributed by atoms with Gasteiger partial charge in [0.1, 0.15) is 5.75 Å². The van der Waals surface area contributed by atoms with E-state index in [4.69, 9.17) is 15.2 Å². The Kier molecular flexibility index (Phi) is 6.68. The van der Waals surface area contributed by atoms with Crippen LogP contribution in [0.4, 0.5) is 5.95 Å². The van der Waals surface area contributed by atoms with Gasteiger partial charge in [0, 0.05) is 17.0 Å². The second kappa shape index (κ2) is 9.41. The van der Waals surface area contributed by atoms with Crippen LogP contribution in [-0.4, -0.2) is 45.2 Å². The number of hydrogen-bond acceptors (Lipinski definition) is 8. The molecular weight excluding hydrogens is 400 g/mol. The number of aromatic nitrogens is 4. The summed E-state index contributed by atoms with van der Waals surface area (Å²) >= 11 is 0. The molecule has 3 N–H and O–H groups in total. The maximum absolute atomic E-state index is 12.9. The first kappa shape index (κ1) is 22.0. The number of methoxy groups -OCH3 is 1. The molecular formula is C21H26N6O4. The molecule has 2 aromatic heterocycles. The van der Waals surface area contributed by atoms with Crippen LogP contribution < -0.4 is 15.8 Å². The zero-order chi connectivity index (χ0) is 22.5. The molecule has 1 atom stereocenters. The molecule has 2 heterocycles. The molecule has 10 heteroatoms. The Balaban J connectivity index is 1.84. The number of carbonyl (C=O) groups is 2. The molecule has 0 radical (unpaired) electrons. The van der Waals surface area contributed by atoms with Crippen LogP contribution in [0.3, 0.4) is 0 Å². The van der Waals surface area contributed by atoms with E-state index in [9.17, 15) is 9.59 Å². The number of nitrogens with one attached hydrogen (secondary N) is 1. The van der Waals surface area contributed by atoms with Gasteiger partial charge in [0.25, 0.3) is 5.78 Å². The van der Waals surface area contributed by atoms with E-state index in [0.717, 1.165) is 16.8 Å². The summed E-state index contributed by atoms with van der Waals surface area (Å²) in [5.41, 5.74) is 8.52. The number of nitrogens with two attached hydrogens (primary N) is 1. The first-order chi connectivity index (χ1) is 14.8. The number of carbonyl (C=O) groups excluding carboxylic acids is 2. The molecule has 0 saturated carbocycles. The minimum absolute atomic E-state index is 0.00159. The van der Waals surface area contributed by atoms with E-state index in [1.165, 1.54) is 4.52 Å². The molecule has 0 aliphatic heterocycles. The van der Waals surface area contributed by atoms with E-state index in [2.05, 4.69) is 20.4 Å². The maximum Gasteiger partial charge on any atom is 0.308 e. The van der Waals surface area contributed by atoms with E-state index in [-0.39, 0.29) is 31.3 Å². The molecule has 31 heavy (non-hydrogen) atoms. The van der Waals surface area contributed by atoms with Crippen LogP contribution in [0.15, 0.2) is 24.3 Å². The number of benzene rings is 1. The summed E-state index contributed by atoms with van der Waals surface area (Å²) in [4.78, 5) is 33.5. The standard InChI is InChI=1S/C21H26N6O4/c1-5-31-19(29)11-17(14-7-6-8-15(9-14)30-4)24-18(28)10-16-12(2)23-21-25-20(22)26-27(21)13(16)3/h6-9,17H,5,10-11H2,1-4H3,(H2,22,26)(H,24,28). The molecule has 0 fully saturated rings. The molecule has 0 aliphatic carbocycles. The average molecular weight is 426 g/mol. The fraction of sp³-hybridized carbons (Fsp3) is 0.381. The van der Waals surface area contributed by atoms with Crippen molar-refractivity contribution in [1.29, 1.82) is 0 Å². The second-order valence-electron chi connectivity index (χ2n) is 7.03. The lowest BCUT2D eigenvalue weighted by molar-refractivity contribution is -0.143.